The van der Waals surface area contributed by atoms with Gasteiger partial charge in [0.1, 0.15) is 0 Å². The Labute approximate surface area is 292 Å². The Morgan fingerprint density at radius 3 is 0.918 bits per heavy atom. The molecule has 0 rings (SSSR count). The summed E-state index contributed by atoms with van der Waals surface area (Å²) in [5, 5.41) is 14.2. The molecule has 0 radical (unpaired) electrons. The number of carbonyl (C=O) groups excluding carboxylic acids is 1. The molecule has 17 heteroatoms. The number of carboxylic acid groups (broad SMARTS) is 1. The number of likely N-dealkylation sites (N-methyl/N-ethyl adjacent to an activating group) is 1. The first kappa shape index (κ1) is 47.4. The molecule has 0 saturated heterocycles. The molecule has 0 spiro atoms. The van der Waals surface area contributed by atoms with Crippen LogP contribution in [-0.4, -0.2) is 196 Å². The maximum atomic E-state index is 11.4. The van der Waals surface area contributed by atoms with E-state index in [1.54, 1.807) is 0 Å². The Balaban J connectivity index is 3.08. The average molecular weight is 717 g/mol. The predicted molar refractivity (Wildman–Crippen MR) is 178 cm³/mol. The molecule has 0 aliphatic heterocycles. The summed E-state index contributed by atoms with van der Waals surface area (Å²) in [5.41, 5.74) is 0. The van der Waals surface area contributed by atoms with E-state index in [1.165, 1.54) is 0 Å². The van der Waals surface area contributed by atoms with E-state index in [4.69, 9.17) is 61.9 Å². The van der Waals surface area contributed by atoms with Crippen LogP contribution < -0.4 is 10.6 Å². The van der Waals surface area contributed by atoms with E-state index >= 15 is 0 Å². The molecule has 0 heterocycles. The molecule has 292 valence electrons. The summed E-state index contributed by atoms with van der Waals surface area (Å²) in [4.78, 5) is 21.8. The molecule has 17 nitrogen and oxygen atoms in total. The van der Waals surface area contributed by atoms with Gasteiger partial charge < -0.3 is 72.6 Å². The van der Waals surface area contributed by atoms with Crippen molar-refractivity contribution in [1.29, 1.82) is 0 Å². The van der Waals surface area contributed by atoms with Crippen molar-refractivity contribution < 1.29 is 71.5 Å². The molecule has 1 amide bonds. The van der Waals surface area contributed by atoms with E-state index < -0.39 is 5.97 Å². The van der Waals surface area contributed by atoms with E-state index in [0.29, 0.717) is 172 Å². The first-order valence-corrected chi connectivity index (χ1v) is 17.2. The number of carboxylic acids is 1. The van der Waals surface area contributed by atoms with Gasteiger partial charge in [0.25, 0.3) is 0 Å². The Morgan fingerprint density at radius 1 is 0.388 bits per heavy atom. The van der Waals surface area contributed by atoms with Crippen molar-refractivity contribution in [2.75, 3.05) is 179 Å². The third-order valence-corrected chi connectivity index (χ3v) is 5.94. The van der Waals surface area contributed by atoms with Crippen LogP contribution in [0, 0.1) is 0 Å². The smallest absolute Gasteiger partial charge is 0.303 e. The Hall–Kier alpha value is -1.58. The highest BCUT2D eigenvalue weighted by atomic mass is 16.6. The van der Waals surface area contributed by atoms with E-state index in [1.807, 2.05) is 7.05 Å². The quantitative estimate of drug-likeness (QED) is 0.0702. The van der Waals surface area contributed by atoms with Crippen LogP contribution in [0.25, 0.3) is 0 Å². The van der Waals surface area contributed by atoms with Crippen LogP contribution in [0.1, 0.15) is 19.3 Å². The highest BCUT2D eigenvalue weighted by Crippen LogP contribution is 1.90. The SMILES string of the molecule is CNCCOCCOCCOCCOCCOCCOCCOCCOCCOCCOCCOCCOCCCNC(=O)CCC(=O)O. The molecule has 0 aromatic rings. The number of hydrogen-bond donors (Lipinski definition) is 3. The van der Waals surface area contributed by atoms with Gasteiger partial charge in [-0.05, 0) is 13.5 Å². The number of carbonyl (C=O) groups is 2. The number of aliphatic carboxylic acids is 1. The van der Waals surface area contributed by atoms with Crippen molar-refractivity contribution in [1.82, 2.24) is 10.6 Å². The molecule has 0 aromatic carbocycles. The number of hydrogen-bond acceptors (Lipinski definition) is 15. The molecule has 49 heavy (non-hydrogen) atoms. The lowest BCUT2D eigenvalue weighted by molar-refractivity contribution is -0.138. The fraction of sp³-hybridized carbons (Fsp3) is 0.938. The van der Waals surface area contributed by atoms with Gasteiger partial charge in [0.2, 0.25) is 5.91 Å². The molecule has 0 unspecified atom stereocenters. The van der Waals surface area contributed by atoms with Gasteiger partial charge in [0, 0.05) is 26.1 Å². The zero-order chi connectivity index (χ0) is 35.6. The molecule has 0 bridgehead atoms. The first-order chi connectivity index (χ1) is 24.2. The lowest BCUT2D eigenvalue weighted by atomic mass is 10.3. The Bertz CT molecular complexity index is 682. The average Bonchev–Trinajstić information content (AvgIpc) is 3.10. The first-order valence-electron chi connectivity index (χ1n) is 17.2. The minimum atomic E-state index is -0.983. The van der Waals surface area contributed by atoms with Crippen molar-refractivity contribution in [2.24, 2.45) is 0 Å². The van der Waals surface area contributed by atoms with Crippen LogP contribution in [-0.2, 0) is 66.4 Å². The highest BCUT2D eigenvalue weighted by molar-refractivity contribution is 5.80. The maximum Gasteiger partial charge on any atom is 0.303 e. The van der Waals surface area contributed by atoms with Crippen LogP contribution in [0.15, 0.2) is 0 Å². The second-order valence-corrected chi connectivity index (χ2v) is 10.0. The van der Waals surface area contributed by atoms with Gasteiger partial charge in [0.15, 0.2) is 0 Å². The summed E-state index contributed by atoms with van der Waals surface area (Å²) in [7, 11) is 1.89. The summed E-state index contributed by atoms with van der Waals surface area (Å²) >= 11 is 0. The lowest BCUT2D eigenvalue weighted by Crippen LogP contribution is -2.25. The number of ether oxygens (including phenoxy) is 12. The van der Waals surface area contributed by atoms with Crippen LogP contribution >= 0.6 is 0 Å². The lowest BCUT2D eigenvalue weighted by Gasteiger charge is -2.09. The van der Waals surface area contributed by atoms with E-state index in [9.17, 15) is 9.59 Å². The standard InChI is InChI=1S/C32H64N2O15/c1-33-6-8-39-10-12-41-14-16-43-18-20-45-22-24-47-26-28-49-30-29-48-27-25-46-23-21-44-19-17-42-15-13-40-11-9-38-7-2-5-34-31(35)3-4-32(36)37/h33H,2-30H2,1H3,(H,34,35)(H,36,37). The predicted octanol–water partition coefficient (Wildman–Crippen LogP) is -0.224. The molecule has 0 saturated carbocycles. The van der Waals surface area contributed by atoms with Crippen LogP contribution in [0.2, 0.25) is 0 Å². The molecule has 0 atom stereocenters. The molecule has 0 fully saturated rings. The molecule has 0 aromatic heterocycles. The molecule has 0 aliphatic rings. The van der Waals surface area contributed by atoms with Crippen molar-refractivity contribution in [2.45, 2.75) is 19.3 Å². The summed E-state index contributed by atoms with van der Waals surface area (Å²) < 4.78 is 65.3. The Kier molecular flexibility index (Phi) is 41.2. The van der Waals surface area contributed by atoms with Gasteiger partial charge in [0.05, 0.1) is 158 Å². The molecular formula is C32H64N2O15. The van der Waals surface area contributed by atoms with Crippen molar-refractivity contribution >= 4 is 11.9 Å². The normalized spacial score (nSPS) is 11.4. The topological polar surface area (TPSA) is 189 Å². The summed E-state index contributed by atoms with van der Waals surface area (Å²) in [6.45, 7) is 13.5. The monoisotopic (exact) mass is 716 g/mol. The third kappa shape index (κ3) is 44.4. The van der Waals surface area contributed by atoms with Crippen LogP contribution in [0.5, 0.6) is 0 Å². The van der Waals surface area contributed by atoms with E-state index in [2.05, 4.69) is 10.6 Å². The largest absolute Gasteiger partial charge is 0.481 e. The van der Waals surface area contributed by atoms with Crippen LogP contribution in [0.4, 0.5) is 0 Å². The van der Waals surface area contributed by atoms with Gasteiger partial charge in [-0.3, -0.25) is 9.59 Å². The van der Waals surface area contributed by atoms with E-state index in [-0.39, 0.29) is 18.7 Å². The fourth-order valence-corrected chi connectivity index (χ4v) is 3.41. The minimum Gasteiger partial charge on any atom is -0.481 e. The summed E-state index contributed by atoms with van der Waals surface area (Å²) in [6, 6.07) is 0. The van der Waals surface area contributed by atoms with Crippen molar-refractivity contribution in [3.05, 3.63) is 0 Å². The summed E-state index contributed by atoms with van der Waals surface area (Å²) in [5.74, 6) is -1.25. The van der Waals surface area contributed by atoms with Gasteiger partial charge in [-0.2, -0.15) is 0 Å². The van der Waals surface area contributed by atoms with Crippen LogP contribution in [0.3, 0.4) is 0 Å². The van der Waals surface area contributed by atoms with Gasteiger partial charge in [-0.15, -0.1) is 0 Å². The molecule has 3 N–H and O–H groups in total. The molecule has 0 aliphatic carbocycles. The third-order valence-electron chi connectivity index (χ3n) is 5.94. The Morgan fingerprint density at radius 2 is 0.653 bits per heavy atom. The number of nitrogens with one attached hydrogen (secondary N) is 2. The zero-order valence-electron chi connectivity index (χ0n) is 29.7. The fourth-order valence-electron chi connectivity index (χ4n) is 3.41. The molecular weight excluding hydrogens is 652 g/mol. The number of rotatable bonds is 43. The number of amides is 1. The summed E-state index contributed by atoms with van der Waals surface area (Å²) in [6.07, 6.45) is 0.476. The van der Waals surface area contributed by atoms with Gasteiger partial charge in [-0.25, -0.2) is 0 Å². The van der Waals surface area contributed by atoms with E-state index in [0.717, 1.165) is 6.54 Å². The van der Waals surface area contributed by atoms with Gasteiger partial charge in [-0.1, -0.05) is 0 Å². The zero-order valence-corrected chi connectivity index (χ0v) is 29.7. The minimum absolute atomic E-state index is 0.0106. The second kappa shape index (κ2) is 42.6. The van der Waals surface area contributed by atoms with Crippen molar-refractivity contribution in [3.8, 4) is 0 Å². The maximum absolute atomic E-state index is 11.4. The highest BCUT2D eigenvalue weighted by Gasteiger charge is 2.04. The van der Waals surface area contributed by atoms with Crippen molar-refractivity contribution in [3.63, 3.8) is 0 Å². The second-order valence-electron chi connectivity index (χ2n) is 10.0. The van der Waals surface area contributed by atoms with Gasteiger partial charge >= 0.3 is 5.97 Å².